The predicted octanol–water partition coefficient (Wildman–Crippen LogP) is 3.28. The number of carbonyl (C=O) groups is 1. The highest BCUT2D eigenvalue weighted by molar-refractivity contribution is 8.00. The second kappa shape index (κ2) is 8.08. The lowest BCUT2D eigenvalue weighted by atomic mass is 10.1. The lowest BCUT2D eigenvalue weighted by molar-refractivity contribution is -0.119. The van der Waals surface area contributed by atoms with Gasteiger partial charge in [-0.15, -0.1) is 11.8 Å². The minimum absolute atomic E-state index is 0.130. The molecule has 110 valence electrons. The van der Waals surface area contributed by atoms with Gasteiger partial charge in [-0.05, 0) is 17.7 Å². The van der Waals surface area contributed by atoms with E-state index in [0.29, 0.717) is 5.02 Å². The van der Waals surface area contributed by atoms with Crippen LogP contribution in [-0.2, 0) is 4.79 Å². The maximum absolute atomic E-state index is 11.8. The molecule has 5 heteroatoms. The number of thioether (sulfide) groups is 1. The third-order valence-corrected chi connectivity index (χ3v) is 4.39. The van der Waals surface area contributed by atoms with Gasteiger partial charge in [-0.1, -0.05) is 54.1 Å². The van der Waals surface area contributed by atoms with Crippen LogP contribution in [0.5, 0.6) is 0 Å². The Labute approximate surface area is 133 Å². The molecule has 1 unspecified atom stereocenters. The zero-order valence-corrected chi connectivity index (χ0v) is 12.9. The van der Waals surface area contributed by atoms with Crippen LogP contribution in [0.25, 0.3) is 0 Å². The van der Waals surface area contributed by atoms with Crippen molar-refractivity contribution in [3.05, 3.63) is 65.2 Å². The molecular weight excluding hydrogens is 306 g/mol. The molecule has 1 amide bonds. The Hall–Kier alpha value is -1.49. The molecule has 0 aromatic heterocycles. The number of carbonyl (C=O) groups excluding carboxylic acids is 1. The minimum Gasteiger partial charge on any atom is -0.387 e. The van der Waals surface area contributed by atoms with E-state index in [1.165, 1.54) is 11.8 Å². The van der Waals surface area contributed by atoms with Crippen LogP contribution < -0.4 is 5.32 Å². The lowest BCUT2D eigenvalue weighted by Crippen LogP contribution is -2.29. The van der Waals surface area contributed by atoms with Crippen LogP contribution in [0.4, 0.5) is 0 Å². The molecule has 2 aromatic rings. The zero-order chi connectivity index (χ0) is 15.1. The smallest absolute Gasteiger partial charge is 0.230 e. The fourth-order valence-corrected chi connectivity index (χ4v) is 2.83. The summed E-state index contributed by atoms with van der Waals surface area (Å²) in [6, 6.07) is 16.6. The van der Waals surface area contributed by atoms with Crippen molar-refractivity contribution in [2.75, 3.05) is 12.3 Å². The highest BCUT2D eigenvalue weighted by atomic mass is 35.5. The normalized spacial score (nSPS) is 11.9. The fraction of sp³-hybridized carbons (Fsp3) is 0.188. The average molecular weight is 322 g/mol. The van der Waals surface area contributed by atoms with Crippen molar-refractivity contribution >= 4 is 29.3 Å². The highest BCUT2D eigenvalue weighted by Crippen LogP contribution is 2.26. The van der Waals surface area contributed by atoms with Crippen molar-refractivity contribution < 1.29 is 9.90 Å². The number of hydrogen-bond acceptors (Lipinski definition) is 3. The van der Waals surface area contributed by atoms with Gasteiger partial charge in [-0.2, -0.15) is 0 Å². The third-order valence-electron chi connectivity index (χ3n) is 2.87. The van der Waals surface area contributed by atoms with E-state index in [2.05, 4.69) is 5.32 Å². The second-order valence-corrected chi connectivity index (χ2v) is 5.87. The molecule has 0 saturated carbocycles. The fourth-order valence-electron chi connectivity index (χ4n) is 1.76. The van der Waals surface area contributed by atoms with E-state index in [-0.39, 0.29) is 18.2 Å². The number of aliphatic hydroxyl groups is 1. The number of aliphatic hydroxyl groups excluding tert-OH is 1. The summed E-state index contributed by atoms with van der Waals surface area (Å²) in [7, 11) is 0. The van der Waals surface area contributed by atoms with Crippen LogP contribution >= 0.6 is 23.4 Å². The van der Waals surface area contributed by atoms with Crippen LogP contribution in [0.1, 0.15) is 11.7 Å². The van der Waals surface area contributed by atoms with Crippen LogP contribution in [0, 0.1) is 0 Å². The quantitative estimate of drug-likeness (QED) is 0.803. The van der Waals surface area contributed by atoms with Gasteiger partial charge in [0.25, 0.3) is 0 Å². The number of nitrogens with one attached hydrogen (secondary N) is 1. The van der Waals surface area contributed by atoms with E-state index in [0.717, 1.165) is 10.5 Å². The number of halogens is 1. The van der Waals surface area contributed by atoms with Crippen molar-refractivity contribution in [2.45, 2.75) is 11.0 Å². The molecule has 2 N–H and O–H groups in total. The summed E-state index contributed by atoms with van der Waals surface area (Å²) in [5.41, 5.74) is 0.788. The lowest BCUT2D eigenvalue weighted by Gasteiger charge is -2.12. The number of benzene rings is 2. The van der Waals surface area contributed by atoms with Gasteiger partial charge >= 0.3 is 0 Å². The minimum atomic E-state index is -0.694. The van der Waals surface area contributed by atoms with Gasteiger partial charge in [0.2, 0.25) is 5.91 Å². The van der Waals surface area contributed by atoms with E-state index in [1.54, 1.807) is 6.07 Å². The monoisotopic (exact) mass is 321 g/mol. The second-order valence-electron chi connectivity index (χ2n) is 4.45. The molecule has 1 atom stereocenters. The standard InChI is InChI=1S/C16H16ClNO2S/c17-13-8-4-5-9-15(13)21-11-16(20)18-10-14(19)12-6-2-1-3-7-12/h1-9,14,19H,10-11H2,(H,18,20). The van der Waals surface area contributed by atoms with E-state index in [9.17, 15) is 9.90 Å². The van der Waals surface area contributed by atoms with Crippen molar-refractivity contribution in [1.29, 1.82) is 0 Å². The molecule has 2 aromatic carbocycles. The molecule has 2 rings (SSSR count). The summed E-state index contributed by atoms with van der Waals surface area (Å²) >= 11 is 7.40. The molecule has 0 aliphatic rings. The first kappa shape index (κ1) is 15.9. The molecule has 0 saturated heterocycles. The van der Waals surface area contributed by atoms with E-state index in [1.807, 2.05) is 48.5 Å². The Kier molecular flexibility index (Phi) is 6.11. The van der Waals surface area contributed by atoms with E-state index in [4.69, 9.17) is 11.6 Å². The Bertz CT molecular complexity index is 592. The third kappa shape index (κ3) is 5.08. The average Bonchev–Trinajstić information content (AvgIpc) is 2.52. The Morgan fingerprint density at radius 3 is 2.52 bits per heavy atom. The summed E-state index contributed by atoms with van der Waals surface area (Å²) < 4.78 is 0. The van der Waals surface area contributed by atoms with Gasteiger partial charge in [0.15, 0.2) is 0 Å². The van der Waals surface area contributed by atoms with E-state index < -0.39 is 6.10 Å². The molecule has 0 fully saturated rings. The van der Waals surface area contributed by atoms with Crippen molar-refractivity contribution in [2.24, 2.45) is 0 Å². The molecular formula is C16H16ClNO2S. The van der Waals surface area contributed by atoms with Crippen molar-refractivity contribution in [1.82, 2.24) is 5.32 Å². The van der Waals surface area contributed by atoms with Gasteiger partial charge in [0.1, 0.15) is 0 Å². The van der Waals surface area contributed by atoms with Crippen molar-refractivity contribution in [3.8, 4) is 0 Å². The van der Waals surface area contributed by atoms with E-state index >= 15 is 0 Å². The summed E-state index contributed by atoms with van der Waals surface area (Å²) in [4.78, 5) is 12.7. The first-order valence-corrected chi connectivity index (χ1v) is 7.90. The zero-order valence-electron chi connectivity index (χ0n) is 11.3. The number of amides is 1. The molecule has 0 heterocycles. The Morgan fingerprint density at radius 2 is 1.81 bits per heavy atom. The summed E-state index contributed by atoms with van der Waals surface area (Å²) in [5, 5.41) is 13.3. The van der Waals surface area contributed by atoms with Crippen LogP contribution in [0.2, 0.25) is 5.02 Å². The van der Waals surface area contributed by atoms with Crippen LogP contribution in [0.3, 0.4) is 0 Å². The van der Waals surface area contributed by atoms with Gasteiger partial charge < -0.3 is 10.4 Å². The molecule has 21 heavy (non-hydrogen) atoms. The van der Waals surface area contributed by atoms with Gasteiger partial charge in [-0.3, -0.25) is 4.79 Å². The molecule has 0 aliphatic carbocycles. The van der Waals surface area contributed by atoms with Gasteiger partial charge in [0, 0.05) is 11.4 Å². The summed E-state index contributed by atoms with van der Waals surface area (Å²) in [5.74, 6) is 0.139. The first-order valence-electron chi connectivity index (χ1n) is 6.54. The molecule has 0 aliphatic heterocycles. The molecule has 3 nitrogen and oxygen atoms in total. The summed E-state index contributed by atoms with van der Waals surface area (Å²) in [6.07, 6.45) is -0.694. The van der Waals surface area contributed by atoms with Gasteiger partial charge in [0.05, 0.1) is 16.9 Å². The summed E-state index contributed by atoms with van der Waals surface area (Å²) in [6.45, 7) is 0.200. The Morgan fingerprint density at radius 1 is 1.14 bits per heavy atom. The van der Waals surface area contributed by atoms with Crippen LogP contribution in [-0.4, -0.2) is 23.3 Å². The number of hydrogen-bond donors (Lipinski definition) is 2. The Balaban J connectivity index is 1.76. The first-order chi connectivity index (χ1) is 10.2. The predicted molar refractivity (Wildman–Crippen MR) is 86.6 cm³/mol. The largest absolute Gasteiger partial charge is 0.387 e. The molecule has 0 radical (unpaired) electrons. The topological polar surface area (TPSA) is 49.3 Å². The SMILES string of the molecule is O=C(CSc1ccccc1Cl)NCC(O)c1ccccc1. The van der Waals surface area contributed by atoms with Crippen molar-refractivity contribution in [3.63, 3.8) is 0 Å². The van der Waals surface area contributed by atoms with Gasteiger partial charge in [-0.25, -0.2) is 0 Å². The maximum Gasteiger partial charge on any atom is 0.230 e. The maximum atomic E-state index is 11.8. The molecule has 0 bridgehead atoms. The highest BCUT2D eigenvalue weighted by Gasteiger charge is 2.10. The number of rotatable bonds is 6. The van der Waals surface area contributed by atoms with Crippen LogP contribution in [0.15, 0.2) is 59.5 Å². The molecule has 0 spiro atoms.